The van der Waals surface area contributed by atoms with Crippen molar-refractivity contribution in [2.24, 2.45) is 23.7 Å². The molecule has 0 saturated heterocycles. The van der Waals surface area contributed by atoms with Crippen molar-refractivity contribution >= 4 is 5.78 Å². The van der Waals surface area contributed by atoms with E-state index in [9.17, 15) is 4.79 Å². The SMILES string of the molecule is O=C1CC[C@H]2[C@H]1[C@@H]1C=C[C@H]2C1. The first-order valence-corrected chi connectivity index (χ1v) is 4.57. The van der Waals surface area contributed by atoms with Crippen LogP contribution in [0.3, 0.4) is 0 Å². The zero-order chi connectivity index (χ0) is 7.42. The number of rotatable bonds is 0. The van der Waals surface area contributed by atoms with Gasteiger partial charge in [0.1, 0.15) is 5.78 Å². The van der Waals surface area contributed by atoms with Crippen LogP contribution in [0.4, 0.5) is 0 Å². The molecule has 11 heavy (non-hydrogen) atoms. The molecule has 0 amide bonds. The lowest BCUT2D eigenvalue weighted by atomic mass is 9.86. The van der Waals surface area contributed by atoms with Crippen molar-refractivity contribution < 1.29 is 4.79 Å². The first-order chi connectivity index (χ1) is 5.36. The van der Waals surface area contributed by atoms with Crippen LogP contribution in [0.25, 0.3) is 0 Å². The van der Waals surface area contributed by atoms with Gasteiger partial charge in [-0.05, 0) is 30.6 Å². The lowest BCUT2D eigenvalue weighted by molar-refractivity contribution is -0.121. The number of allylic oxidation sites excluding steroid dienone is 2. The number of hydrogen-bond donors (Lipinski definition) is 0. The first-order valence-electron chi connectivity index (χ1n) is 4.57. The molecule has 3 rings (SSSR count). The Balaban J connectivity index is 2.03. The average molecular weight is 148 g/mol. The fourth-order valence-electron chi connectivity index (χ4n) is 3.27. The smallest absolute Gasteiger partial charge is 0.136 e. The summed E-state index contributed by atoms with van der Waals surface area (Å²) < 4.78 is 0. The molecule has 2 fully saturated rings. The number of fused-ring (bicyclic) bond motifs is 5. The molecule has 2 bridgehead atoms. The number of hydrogen-bond acceptors (Lipinski definition) is 1. The van der Waals surface area contributed by atoms with Crippen LogP contribution in [0.15, 0.2) is 12.2 Å². The summed E-state index contributed by atoms with van der Waals surface area (Å²) in [5, 5.41) is 0. The Morgan fingerprint density at radius 2 is 2.09 bits per heavy atom. The summed E-state index contributed by atoms with van der Waals surface area (Å²) in [5.74, 6) is 3.16. The van der Waals surface area contributed by atoms with E-state index < -0.39 is 0 Å². The molecule has 0 radical (unpaired) electrons. The van der Waals surface area contributed by atoms with Crippen LogP contribution < -0.4 is 0 Å². The molecule has 1 nitrogen and oxygen atoms in total. The minimum Gasteiger partial charge on any atom is -0.299 e. The highest BCUT2D eigenvalue weighted by atomic mass is 16.1. The fraction of sp³-hybridized carbons (Fsp3) is 0.700. The van der Waals surface area contributed by atoms with Gasteiger partial charge in [0, 0.05) is 12.3 Å². The van der Waals surface area contributed by atoms with Crippen molar-refractivity contribution in [3.05, 3.63) is 12.2 Å². The van der Waals surface area contributed by atoms with Crippen LogP contribution in [-0.4, -0.2) is 5.78 Å². The van der Waals surface area contributed by atoms with Crippen molar-refractivity contribution in [2.75, 3.05) is 0 Å². The van der Waals surface area contributed by atoms with Crippen LogP contribution in [0.5, 0.6) is 0 Å². The van der Waals surface area contributed by atoms with Crippen molar-refractivity contribution in [1.82, 2.24) is 0 Å². The van der Waals surface area contributed by atoms with Crippen LogP contribution in [0, 0.1) is 23.7 Å². The fourth-order valence-corrected chi connectivity index (χ4v) is 3.27. The molecule has 0 aromatic rings. The number of Topliss-reactive ketones (excluding diaryl/α,β-unsaturated/α-hetero) is 1. The molecular weight excluding hydrogens is 136 g/mol. The van der Waals surface area contributed by atoms with E-state index in [1.165, 1.54) is 12.8 Å². The van der Waals surface area contributed by atoms with Crippen LogP contribution in [0.1, 0.15) is 19.3 Å². The number of carbonyl (C=O) groups excluding carboxylic acids is 1. The molecule has 0 spiro atoms. The van der Waals surface area contributed by atoms with Gasteiger partial charge < -0.3 is 0 Å². The van der Waals surface area contributed by atoms with Gasteiger partial charge in [-0.15, -0.1) is 0 Å². The average Bonchev–Trinajstić information content (AvgIpc) is 2.60. The minimum absolute atomic E-state index is 0.449. The minimum atomic E-state index is 0.449. The summed E-state index contributed by atoms with van der Waals surface area (Å²) in [7, 11) is 0. The van der Waals surface area contributed by atoms with Crippen molar-refractivity contribution in [3.8, 4) is 0 Å². The second kappa shape index (κ2) is 1.77. The van der Waals surface area contributed by atoms with E-state index in [2.05, 4.69) is 12.2 Å². The molecule has 0 heterocycles. The van der Waals surface area contributed by atoms with Gasteiger partial charge in [-0.3, -0.25) is 4.79 Å². The largest absolute Gasteiger partial charge is 0.299 e. The van der Waals surface area contributed by atoms with E-state index in [0.717, 1.165) is 18.3 Å². The normalized spacial score (nSPS) is 52.2. The van der Waals surface area contributed by atoms with Gasteiger partial charge in [0.15, 0.2) is 0 Å². The van der Waals surface area contributed by atoms with E-state index in [4.69, 9.17) is 0 Å². The van der Waals surface area contributed by atoms with Gasteiger partial charge in [0.25, 0.3) is 0 Å². The molecule has 0 aliphatic heterocycles. The van der Waals surface area contributed by atoms with E-state index in [1.807, 2.05) is 0 Å². The molecular formula is C10H12O. The van der Waals surface area contributed by atoms with Gasteiger partial charge in [-0.2, -0.15) is 0 Å². The summed E-state index contributed by atoms with van der Waals surface area (Å²) >= 11 is 0. The third kappa shape index (κ3) is 0.597. The molecule has 2 saturated carbocycles. The predicted molar refractivity (Wildman–Crippen MR) is 42.0 cm³/mol. The van der Waals surface area contributed by atoms with Crippen LogP contribution in [0.2, 0.25) is 0 Å². The maximum atomic E-state index is 11.4. The monoisotopic (exact) mass is 148 g/mol. The second-order valence-corrected chi connectivity index (χ2v) is 4.14. The molecule has 58 valence electrons. The van der Waals surface area contributed by atoms with Gasteiger partial charge >= 0.3 is 0 Å². The summed E-state index contributed by atoms with van der Waals surface area (Å²) in [6.07, 6.45) is 7.93. The standard InChI is InChI=1S/C10H12O/c11-9-4-3-8-6-1-2-7(5-6)10(8)9/h1-2,6-8,10H,3-5H2/t6-,7+,8+,10+/m0/s1. The van der Waals surface area contributed by atoms with E-state index in [-0.39, 0.29) is 0 Å². The Hall–Kier alpha value is -0.590. The molecule has 0 N–H and O–H groups in total. The summed E-state index contributed by atoms with van der Waals surface area (Å²) in [5.41, 5.74) is 0. The quantitative estimate of drug-likeness (QED) is 0.479. The molecule has 1 heteroatoms. The van der Waals surface area contributed by atoms with Gasteiger partial charge in [-0.25, -0.2) is 0 Å². The lowest BCUT2D eigenvalue weighted by Gasteiger charge is -2.17. The van der Waals surface area contributed by atoms with Gasteiger partial charge in [0.2, 0.25) is 0 Å². The van der Waals surface area contributed by atoms with Crippen molar-refractivity contribution in [1.29, 1.82) is 0 Å². The zero-order valence-electron chi connectivity index (χ0n) is 6.49. The van der Waals surface area contributed by atoms with Crippen molar-refractivity contribution in [2.45, 2.75) is 19.3 Å². The highest BCUT2D eigenvalue weighted by Gasteiger charge is 2.50. The van der Waals surface area contributed by atoms with Crippen LogP contribution in [-0.2, 0) is 4.79 Å². The highest BCUT2D eigenvalue weighted by Crippen LogP contribution is 2.53. The summed E-state index contributed by atoms with van der Waals surface area (Å²) in [4.78, 5) is 11.4. The third-order valence-corrected chi connectivity index (χ3v) is 3.72. The van der Waals surface area contributed by atoms with E-state index in [1.54, 1.807) is 0 Å². The lowest BCUT2D eigenvalue weighted by Crippen LogP contribution is -2.18. The van der Waals surface area contributed by atoms with Gasteiger partial charge in [0.05, 0.1) is 0 Å². The maximum absolute atomic E-state index is 11.4. The number of carbonyl (C=O) groups is 1. The maximum Gasteiger partial charge on any atom is 0.136 e. The molecule has 4 atom stereocenters. The van der Waals surface area contributed by atoms with E-state index in [0.29, 0.717) is 17.6 Å². The van der Waals surface area contributed by atoms with Crippen molar-refractivity contribution in [3.63, 3.8) is 0 Å². The molecule has 3 aliphatic carbocycles. The van der Waals surface area contributed by atoms with E-state index >= 15 is 0 Å². The first kappa shape index (κ1) is 5.99. The summed E-state index contributed by atoms with van der Waals surface area (Å²) in [6, 6.07) is 0. The Bertz CT molecular complexity index is 241. The second-order valence-electron chi connectivity index (χ2n) is 4.14. The molecule has 0 aromatic heterocycles. The third-order valence-electron chi connectivity index (χ3n) is 3.72. The Morgan fingerprint density at radius 3 is 2.91 bits per heavy atom. The van der Waals surface area contributed by atoms with Crippen LogP contribution >= 0.6 is 0 Å². The Kier molecular flexibility index (Phi) is 0.961. The zero-order valence-corrected chi connectivity index (χ0v) is 6.49. The predicted octanol–water partition coefficient (Wildman–Crippen LogP) is 1.79. The molecule has 0 unspecified atom stereocenters. The Labute approximate surface area is 66.5 Å². The topological polar surface area (TPSA) is 17.1 Å². The molecule has 3 aliphatic rings. The summed E-state index contributed by atoms with van der Waals surface area (Å²) in [6.45, 7) is 0. The highest BCUT2D eigenvalue weighted by molar-refractivity contribution is 5.84. The number of ketones is 1. The van der Waals surface area contributed by atoms with Gasteiger partial charge in [-0.1, -0.05) is 12.2 Å². The molecule has 0 aromatic carbocycles. The Morgan fingerprint density at radius 1 is 1.27 bits per heavy atom.